The topological polar surface area (TPSA) is 94.0 Å². The lowest BCUT2D eigenvalue weighted by Gasteiger charge is -2.33. The molecule has 25 heavy (non-hydrogen) atoms. The molecule has 1 aromatic carbocycles. The van der Waals surface area contributed by atoms with Crippen molar-refractivity contribution in [2.24, 2.45) is 11.7 Å². The summed E-state index contributed by atoms with van der Waals surface area (Å²) in [4.78, 5) is 21.0. The van der Waals surface area contributed by atoms with Gasteiger partial charge in [0.15, 0.2) is 5.01 Å². The first-order valence-electron chi connectivity index (χ1n) is 8.23. The number of imidazole rings is 1. The van der Waals surface area contributed by atoms with E-state index in [1.165, 1.54) is 22.5 Å². The Morgan fingerprint density at radius 1 is 1.36 bits per heavy atom. The molecule has 3 aromatic rings. The molecule has 1 unspecified atom stereocenters. The molecular weight excluding hydrogens is 336 g/mol. The fourth-order valence-corrected chi connectivity index (χ4v) is 5.15. The number of aliphatic hydroxyl groups excluding tert-OH is 1. The van der Waals surface area contributed by atoms with Gasteiger partial charge in [-0.05, 0) is 18.4 Å². The Balaban J connectivity index is 1.59. The first-order chi connectivity index (χ1) is 12.1. The molecule has 0 saturated heterocycles. The van der Waals surface area contributed by atoms with E-state index in [9.17, 15) is 9.90 Å². The first kappa shape index (κ1) is 14.8. The van der Waals surface area contributed by atoms with E-state index < -0.39 is 12.0 Å². The predicted molar refractivity (Wildman–Crippen MR) is 93.2 cm³/mol. The minimum atomic E-state index is -0.723. The van der Waals surface area contributed by atoms with Gasteiger partial charge in [0.05, 0.1) is 30.0 Å². The van der Waals surface area contributed by atoms with E-state index in [2.05, 4.69) is 26.7 Å². The van der Waals surface area contributed by atoms with Gasteiger partial charge >= 0.3 is 0 Å². The summed E-state index contributed by atoms with van der Waals surface area (Å²) in [5, 5.41) is 11.3. The van der Waals surface area contributed by atoms with Gasteiger partial charge in [0, 0.05) is 16.4 Å². The number of nitrogens with zero attached hydrogens (tertiary/aromatic N) is 3. The zero-order chi connectivity index (χ0) is 17.1. The number of amides is 1. The highest BCUT2D eigenvalue weighted by Crippen LogP contribution is 2.50. The Bertz CT molecular complexity index is 993. The number of nitrogens with two attached hydrogens (primary N) is 1. The number of fused-ring (bicyclic) bond motifs is 4. The van der Waals surface area contributed by atoms with E-state index in [4.69, 9.17) is 5.73 Å². The van der Waals surface area contributed by atoms with E-state index >= 15 is 0 Å². The molecule has 0 fully saturated rings. The maximum atomic E-state index is 11.4. The molecule has 2 aromatic heterocycles. The van der Waals surface area contributed by atoms with Crippen molar-refractivity contribution in [2.45, 2.75) is 25.0 Å². The van der Waals surface area contributed by atoms with Gasteiger partial charge in [-0.3, -0.25) is 4.79 Å². The van der Waals surface area contributed by atoms with Gasteiger partial charge < -0.3 is 15.4 Å². The lowest BCUT2D eigenvalue weighted by atomic mass is 9.80. The smallest absolute Gasteiger partial charge is 0.277 e. The standard InChI is InChI=1S/C18H16N4O2S/c19-17(24)18-21-14-13(25-18)6-5-11(16(14)23)15-10-4-2-1-3-9(10)12-7-20-8-22(12)15/h1-4,7-8,11,15-16,23H,5-6H2,(H2,19,24)/t11-,15?,16-/m0/s1. The second-order valence-electron chi connectivity index (χ2n) is 6.56. The molecule has 5 rings (SSSR count). The SMILES string of the molecule is NC(=O)c1nc2c(s1)CC[C@@H](C1c3ccccc3-c3cncn31)[C@@H]2O. The van der Waals surface area contributed by atoms with Crippen LogP contribution in [0.5, 0.6) is 0 Å². The van der Waals surface area contributed by atoms with Crippen LogP contribution in [0.25, 0.3) is 11.3 Å². The van der Waals surface area contributed by atoms with Crippen LogP contribution in [0.3, 0.4) is 0 Å². The summed E-state index contributed by atoms with van der Waals surface area (Å²) < 4.78 is 2.14. The lowest BCUT2D eigenvalue weighted by Crippen LogP contribution is -2.28. The van der Waals surface area contributed by atoms with Gasteiger partial charge in [0.2, 0.25) is 0 Å². The Kier molecular flexibility index (Phi) is 3.10. The summed E-state index contributed by atoms with van der Waals surface area (Å²) in [7, 11) is 0. The van der Waals surface area contributed by atoms with Gasteiger partial charge in [-0.1, -0.05) is 24.3 Å². The van der Waals surface area contributed by atoms with Crippen LogP contribution in [-0.4, -0.2) is 25.5 Å². The molecule has 3 atom stereocenters. The number of primary amides is 1. The van der Waals surface area contributed by atoms with E-state index in [1.807, 2.05) is 24.7 Å². The maximum absolute atomic E-state index is 11.4. The molecule has 1 aliphatic carbocycles. The maximum Gasteiger partial charge on any atom is 0.277 e. The highest BCUT2D eigenvalue weighted by atomic mass is 32.1. The van der Waals surface area contributed by atoms with E-state index in [-0.39, 0.29) is 17.0 Å². The first-order valence-corrected chi connectivity index (χ1v) is 9.05. The number of carbonyl (C=O) groups excluding carboxylic acids is 1. The highest BCUT2D eigenvalue weighted by molar-refractivity contribution is 7.13. The van der Waals surface area contributed by atoms with E-state index in [0.29, 0.717) is 5.69 Å². The number of rotatable bonds is 2. The number of aromatic nitrogens is 3. The number of benzene rings is 1. The number of thiazole rings is 1. The van der Waals surface area contributed by atoms with Gasteiger partial charge in [-0.15, -0.1) is 11.3 Å². The normalized spacial score (nSPS) is 23.8. The van der Waals surface area contributed by atoms with Crippen molar-refractivity contribution in [2.75, 3.05) is 0 Å². The summed E-state index contributed by atoms with van der Waals surface area (Å²) in [5.41, 5.74) is 9.42. The summed E-state index contributed by atoms with van der Waals surface area (Å²) in [6.45, 7) is 0. The molecule has 1 amide bonds. The van der Waals surface area contributed by atoms with E-state index in [0.717, 1.165) is 23.4 Å². The fourth-order valence-electron chi connectivity index (χ4n) is 4.18. The highest BCUT2D eigenvalue weighted by Gasteiger charge is 2.42. The Labute approximate surface area is 148 Å². The third kappa shape index (κ3) is 2.03. The molecule has 3 heterocycles. The van der Waals surface area contributed by atoms with Crippen molar-refractivity contribution in [3.63, 3.8) is 0 Å². The molecule has 6 nitrogen and oxygen atoms in total. The van der Waals surface area contributed by atoms with Crippen molar-refractivity contribution < 1.29 is 9.90 Å². The molecular formula is C18H16N4O2S. The number of hydrogen-bond donors (Lipinski definition) is 2. The van der Waals surface area contributed by atoms with Crippen LogP contribution in [0.4, 0.5) is 0 Å². The van der Waals surface area contributed by atoms with Crippen LogP contribution in [-0.2, 0) is 6.42 Å². The predicted octanol–water partition coefficient (Wildman–Crippen LogP) is 2.30. The molecule has 0 spiro atoms. The molecule has 126 valence electrons. The van der Waals surface area contributed by atoms with Crippen LogP contribution in [0.1, 0.15) is 44.5 Å². The van der Waals surface area contributed by atoms with Crippen LogP contribution in [0, 0.1) is 5.92 Å². The van der Waals surface area contributed by atoms with Crippen LogP contribution >= 0.6 is 11.3 Å². The second-order valence-corrected chi connectivity index (χ2v) is 7.64. The second kappa shape index (κ2) is 5.24. The average Bonchev–Trinajstić information content (AvgIpc) is 3.29. The average molecular weight is 352 g/mol. The molecule has 3 N–H and O–H groups in total. The summed E-state index contributed by atoms with van der Waals surface area (Å²) in [5.74, 6) is -0.557. The zero-order valence-electron chi connectivity index (χ0n) is 13.3. The van der Waals surface area contributed by atoms with Crippen molar-refractivity contribution >= 4 is 17.2 Å². The summed E-state index contributed by atoms with van der Waals surface area (Å²) in [6, 6.07) is 8.28. The minimum Gasteiger partial charge on any atom is -0.386 e. The molecule has 7 heteroatoms. The van der Waals surface area contributed by atoms with Gasteiger partial charge in [-0.2, -0.15) is 0 Å². The lowest BCUT2D eigenvalue weighted by molar-refractivity contribution is 0.0690. The molecule has 0 radical (unpaired) electrons. The van der Waals surface area contributed by atoms with E-state index in [1.54, 1.807) is 0 Å². The van der Waals surface area contributed by atoms with Crippen LogP contribution in [0.2, 0.25) is 0 Å². The van der Waals surface area contributed by atoms with Crippen molar-refractivity contribution in [1.29, 1.82) is 0 Å². The Morgan fingerprint density at radius 3 is 3.04 bits per heavy atom. The quantitative estimate of drug-likeness (QED) is 0.740. The van der Waals surface area contributed by atoms with Crippen LogP contribution in [0.15, 0.2) is 36.8 Å². The van der Waals surface area contributed by atoms with Gasteiger partial charge in [0.25, 0.3) is 5.91 Å². The van der Waals surface area contributed by atoms with Crippen molar-refractivity contribution in [1.82, 2.24) is 14.5 Å². The molecule has 0 saturated carbocycles. The largest absolute Gasteiger partial charge is 0.386 e. The minimum absolute atomic E-state index is 0.0214. The van der Waals surface area contributed by atoms with Gasteiger partial charge in [0.1, 0.15) is 6.10 Å². The molecule has 0 bridgehead atoms. The monoisotopic (exact) mass is 352 g/mol. The molecule has 2 aliphatic rings. The number of carbonyl (C=O) groups is 1. The number of aliphatic hydroxyl groups is 1. The number of aryl methyl sites for hydroxylation is 1. The number of hydrogen-bond acceptors (Lipinski definition) is 5. The summed E-state index contributed by atoms with van der Waals surface area (Å²) in [6.07, 6.45) is 4.60. The Hall–Kier alpha value is -2.51. The van der Waals surface area contributed by atoms with Crippen LogP contribution < -0.4 is 5.73 Å². The van der Waals surface area contributed by atoms with Gasteiger partial charge in [-0.25, -0.2) is 9.97 Å². The third-order valence-corrected chi connectivity index (χ3v) is 6.40. The Morgan fingerprint density at radius 2 is 2.20 bits per heavy atom. The van der Waals surface area contributed by atoms with Crippen molar-refractivity contribution in [3.8, 4) is 11.3 Å². The molecule has 1 aliphatic heterocycles. The fraction of sp³-hybridized carbons (Fsp3) is 0.278. The third-order valence-electron chi connectivity index (χ3n) is 5.26. The zero-order valence-corrected chi connectivity index (χ0v) is 14.1. The van der Waals surface area contributed by atoms with Crippen molar-refractivity contribution in [3.05, 3.63) is 57.9 Å². The summed E-state index contributed by atoms with van der Waals surface area (Å²) >= 11 is 1.30.